The second-order valence-electron chi connectivity index (χ2n) is 5.23. The van der Waals surface area contributed by atoms with Gasteiger partial charge in [-0.05, 0) is 24.1 Å². The van der Waals surface area contributed by atoms with Crippen molar-refractivity contribution in [3.05, 3.63) is 59.2 Å². The molecule has 0 fully saturated rings. The van der Waals surface area contributed by atoms with Gasteiger partial charge < -0.3 is 4.74 Å². The number of nitrogens with one attached hydrogen (secondary N) is 1. The molecule has 0 aromatic heterocycles. The zero-order valence-corrected chi connectivity index (χ0v) is 13.0. The lowest BCUT2D eigenvalue weighted by molar-refractivity contribution is 0.350. The van der Waals surface area contributed by atoms with E-state index in [1.54, 1.807) is 0 Å². The molecule has 0 bridgehead atoms. The van der Waals surface area contributed by atoms with Crippen LogP contribution in [0.4, 0.5) is 0 Å². The Hall–Kier alpha value is -1.49. The Labute approximate surface area is 129 Å². The molecule has 3 nitrogen and oxygen atoms in total. The molecule has 3 N–H and O–H groups in total. The highest BCUT2D eigenvalue weighted by Crippen LogP contribution is 2.35. The van der Waals surface area contributed by atoms with Crippen molar-refractivity contribution < 1.29 is 4.74 Å². The number of hydrogen-bond donors (Lipinski definition) is 2. The summed E-state index contributed by atoms with van der Waals surface area (Å²) in [6, 6.07) is 14.8. The Morgan fingerprint density at radius 2 is 2.10 bits per heavy atom. The van der Waals surface area contributed by atoms with Gasteiger partial charge in [-0.1, -0.05) is 36.4 Å². The van der Waals surface area contributed by atoms with Crippen molar-refractivity contribution in [3.63, 3.8) is 0 Å². The summed E-state index contributed by atoms with van der Waals surface area (Å²) in [5, 5.41) is 0. The molecule has 0 aliphatic carbocycles. The molecule has 2 aromatic carbocycles. The van der Waals surface area contributed by atoms with Crippen molar-refractivity contribution in [1.29, 1.82) is 0 Å². The van der Waals surface area contributed by atoms with Gasteiger partial charge in [0.25, 0.3) is 0 Å². The molecule has 1 aliphatic rings. The molecule has 0 spiro atoms. The Bertz CT molecular complexity index is 630. The van der Waals surface area contributed by atoms with Crippen LogP contribution in [-0.4, -0.2) is 12.4 Å². The van der Waals surface area contributed by atoms with Crippen LogP contribution in [-0.2, 0) is 6.42 Å². The first-order valence-corrected chi connectivity index (χ1v) is 8.17. The zero-order chi connectivity index (χ0) is 14.7. The quantitative estimate of drug-likeness (QED) is 0.505. The minimum atomic E-state index is 0.0858. The van der Waals surface area contributed by atoms with Crippen LogP contribution in [0.1, 0.15) is 22.7 Å². The molecule has 21 heavy (non-hydrogen) atoms. The summed E-state index contributed by atoms with van der Waals surface area (Å²) in [6.45, 7) is 2.91. The summed E-state index contributed by atoms with van der Waals surface area (Å²) in [5.41, 5.74) is 6.68. The number of para-hydroxylation sites is 1. The van der Waals surface area contributed by atoms with Crippen molar-refractivity contribution in [3.8, 4) is 5.75 Å². The van der Waals surface area contributed by atoms with E-state index in [1.165, 1.54) is 16.0 Å². The van der Waals surface area contributed by atoms with Crippen molar-refractivity contribution >= 4 is 11.8 Å². The van der Waals surface area contributed by atoms with Gasteiger partial charge in [0.05, 0.1) is 12.6 Å². The van der Waals surface area contributed by atoms with Gasteiger partial charge in [0, 0.05) is 22.6 Å². The standard InChI is InChI=1S/C17H20N2OS/c1-12-5-2-3-8-16(12)21-11-15(19-18)14-7-4-6-13-9-10-20-17(13)14/h2-8,15,19H,9-11,18H2,1H3. The van der Waals surface area contributed by atoms with E-state index in [0.717, 1.165) is 30.1 Å². The average Bonchev–Trinajstić information content (AvgIpc) is 2.98. The normalized spacial score (nSPS) is 14.6. The molecule has 1 atom stereocenters. The number of benzene rings is 2. The fourth-order valence-corrected chi connectivity index (χ4v) is 3.73. The van der Waals surface area contributed by atoms with E-state index in [2.05, 4.69) is 54.8 Å². The molecule has 0 amide bonds. The second kappa shape index (κ2) is 6.52. The molecule has 0 radical (unpaired) electrons. The predicted molar refractivity (Wildman–Crippen MR) is 87.6 cm³/mol. The molecule has 4 heteroatoms. The first-order chi connectivity index (χ1) is 10.3. The van der Waals surface area contributed by atoms with Crippen LogP contribution in [0.2, 0.25) is 0 Å². The highest BCUT2D eigenvalue weighted by molar-refractivity contribution is 7.99. The van der Waals surface area contributed by atoms with Gasteiger partial charge in [0.1, 0.15) is 5.75 Å². The SMILES string of the molecule is Cc1ccccc1SCC(NN)c1cccc2c1OCC2. The fraction of sp³-hybridized carbons (Fsp3) is 0.294. The third-order valence-electron chi connectivity index (χ3n) is 3.82. The average molecular weight is 300 g/mol. The van der Waals surface area contributed by atoms with E-state index in [4.69, 9.17) is 10.6 Å². The summed E-state index contributed by atoms with van der Waals surface area (Å²) in [4.78, 5) is 1.30. The summed E-state index contributed by atoms with van der Waals surface area (Å²) in [6.07, 6.45) is 0.991. The monoisotopic (exact) mass is 300 g/mol. The van der Waals surface area contributed by atoms with E-state index in [-0.39, 0.29) is 6.04 Å². The maximum atomic E-state index is 5.78. The van der Waals surface area contributed by atoms with Crippen LogP contribution in [0.25, 0.3) is 0 Å². The van der Waals surface area contributed by atoms with Crippen molar-refractivity contribution in [2.45, 2.75) is 24.3 Å². The van der Waals surface area contributed by atoms with Gasteiger partial charge in [-0.3, -0.25) is 11.3 Å². The maximum absolute atomic E-state index is 5.78. The molecule has 0 saturated carbocycles. The van der Waals surface area contributed by atoms with Crippen molar-refractivity contribution in [2.75, 3.05) is 12.4 Å². The van der Waals surface area contributed by atoms with Crippen LogP contribution in [0, 0.1) is 6.92 Å². The third-order valence-corrected chi connectivity index (χ3v) is 5.09. The Kier molecular flexibility index (Phi) is 4.48. The molecule has 1 aliphatic heterocycles. The first-order valence-electron chi connectivity index (χ1n) is 7.18. The summed E-state index contributed by atoms with van der Waals surface area (Å²) in [5.74, 6) is 7.68. The lowest BCUT2D eigenvalue weighted by Gasteiger charge is -2.19. The van der Waals surface area contributed by atoms with Gasteiger partial charge >= 0.3 is 0 Å². The zero-order valence-electron chi connectivity index (χ0n) is 12.1. The highest BCUT2D eigenvalue weighted by atomic mass is 32.2. The third kappa shape index (κ3) is 3.07. The first kappa shape index (κ1) is 14.4. The number of fused-ring (bicyclic) bond motifs is 1. The number of rotatable bonds is 5. The highest BCUT2D eigenvalue weighted by Gasteiger charge is 2.21. The van der Waals surface area contributed by atoms with Crippen molar-refractivity contribution in [2.24, 2.45) is 5.84 Å². The van der Waals surface area contributed by atoms with Crippen LogP contribution >= 0.6 is 11.8 Å². The van der Waals surface area contributed by atoms with Gasteiger partial charge in [-0.25, -0.2) is 0 Å². The molecular formula is C17H20N2OS. The smallest absolute Gasteiger partial charge is 0.127 e. The Morgan fingerprint density at radius 1 is 1.24 bits per heavy atom. The topological polar surface area (TPSA) is 47.3 Å². The number of hydrogen-bond acceptors (Lipinski definition) is 4. The maximum Gasteiger partial charge on any atom is 0.127 e. The van der Waals surface area contributed by atoms with Gasteiger partial charge in [-0.2, -0.15) is 0 Å². The summed E-state index contributed by atoms with van der Waals surface area (Å²) >= 11 is 1.82. The largest absolute Gasteiger partial charge is 0.493 e. The molecule has 1 unspecified atom stereocenters. The minimum Gasteiger partial charge on any atom is -0.493 e. The van der Waals surface area contributed by atoms with Crippen LogP contribution in [0.15, 0.2) is 47.4 Å². The van der Waals surface area contributed by atoms with E-state index in [0.29, 0.717) is 0 Å². The lowest BCUT2D eigenvalue weighted by atomic mass is 10.0. The number of hydrazine groups is 1. The number of aryl methyl sites for hydroxylation is 1. The Morgan fingerprint density at radius 3 is 2.90 bits per heavy atom. The van der Waals surface area contributed by atoms with E-state index in [9.17, 15) is 0 Å². The molecule has 1 heterocycles. The molecular weight excluding hydrogens is 280 g/mol. The van der Waals surface area contributed by atoms with E-state index < -0.39 is 0 Å². The number of thioether (sulfide) groups is 1. The summed E-state index contributed by atoms with van der Waals surface area (Å²) in [7, 11) is 0. The van der Waals surface area contributed by atoms with Gasteiger partial charge in [0.2, 0.25) is 0 Å². The van der Waals surface area contributed by atoms with Gasteiger partial charge in [0.15, 0.2) is 0 Å². The minimum absolute atomic E-state index is 0.0858. The van der Waals surface area contributed by atoms with Crippen LogP contribution < -0.4 is 16.0 Å². The predicted octanol–water partition coefficient (Wildman–Crippen LogP) is 3.23. The van der Waals surface area contributed by atoms with Gasteiger partial charge in [-0.15, -0.1) is 11.8 Å². The van der Waals surface area contributed by atoms with Crippen molar-refractivity contribution in [1.82, 2.24) is 5.43 Å². The Balaban J connectivity index is 1.77. The van der Waals surface area contributed by atoms with Crippen LogP contribution in [0.5, 0.6) is 5.75 Å². The molecule has 0 saturated heterocycles. The van der Waals surface area contributed by atoms with Crippen LogP contribution in [0.3, 0.4) is 0 Å². The molecule has 110 valence electrons. The van der Waals surface area contributed by atoms with E-state index in [1.807, 2.05) is 11.8 Å². The molecule has 2 aromatic rings. The summed E-state index contributed by atoms with van der Waals surface area (Å²) < 4.78 is 5.78. The van der Waals surface area contributed by atoms with E-state index >= 15 is 0 Å². The number of ether oxygens (including phenoxy) is 1. The lowest BCUT2D eigenvalue weighted by Crippen LogP contribution is -2.30. The second-order valence-corrected chi connectivity index (χ2v) is 6.29. The number of nitrogens with two attached hydrogens (primary N) is 1. The molecule has 3 rings (SSSR count). The fourth-order valence-electron chi connectivity index (χ4n) is 2.63.